The molecule has 2 rings (SSSR count). The van der Waals surface area contributed by atoms with Crippen molar-refractivity contribution >= 4 is 11.9 Å². The van der Waals surface area contributed by atoms with E-state index in [4.69, 9.17) is 10.8 Å². The maximum Gasteiger partial charge on any atom is 0.320 e. The SMILES string of the molecule is NC(=O)c1cccc(CNC(C(=O)O)C2CC2)c1. The van der Waals surface area contributed by atoms with Crippen LogP contribution in [0.25, 0.3) is 0 Å². The molecule has 0 spiro atoms. The van der Waals surface area contributed by atoms with Crippen LogP contribution in [0.3, 0.4) is 0 Å². The fourth-order valence-corrected chi connectivity index (χ4v) is 1.95. The van der Waals surface area contributed by atoms with Crippen LogP contribution in [0.5, 0.6) is 0 Å². The Morgan fingerprint density at radius 2 is 2.17 bits per heavy atom. The number of carbonyl (C=O) groups excluding carboxylic acids is 1. The summed E-state index contributed by atoms with van der Waals surface area (Å²) < 4.78 is 0. The first kappa shape index (κ1) is 12.6. The standard InChI is InChI=1S/C13H16N2O3/c14-12(16)10-3-1-2-8(6-10)7-15-11(13(17)18)9-4-5-9/h1-3,6,9,11,15H,4-5,7H2,(H2,14,16)(H,17,18). The van der Waals surface area contributed by atoms with E-state index in [0.29, 0.717) is 12.1 Å². The van der Waals surface area contributed by atoms with Crippen LogP contribution in [0.2, 0.25) is 0 Å². The molecule has 1 fully saturated rings. The first-order chi connectivity index (χ1) is 8.58. The molecule has 1 aliphatic rings. The first-order valence-corrected chi connectivity index (χ1v) is 5.93. The maximum absolute atomic E-state index is 11.0. The highest BCUT2D eigenvalue weighted by molar-refractivity contribution is 5.92. The van der Waals surface area contributed by atoms with Crippen LogP contribution in [0.1, 0.15) is 28.8 Å². The van der Waals surface area contributed by atoms with Crippen molar-refractivity contribution in [3.05, 3.63) is 35.4 Å². The van der Waals surface area contributed by atoms with E-state index < -0.39 is 17.9 Å². The molecule has 0 saturated heterocycles. The minimum atomic E-state index is -0.816. The molecule has 0 heterocycles. The lowest BCUT2D eigenvalue weighted by atomic mass is 10.1. The van der Waals surface area contributed by atoms with Crippen LogP contribution >= 0.6 is 0 Å². The number of nitrogens with one attached hydrogen (secondary N) is 1. The minimum Gasteiger partial charge on any atom is -0.480 e. The summed E-state index contributed by atoms with van der Waals surface area (Å²) in [5, 5.41) is 12.1. The quantitative estimate of drug-likeness (QED) is 0.692. The van der Waals surface area contributed by atoms with Gasteiger partial charge in [0.05, 0.1) is 0 Å². The molecule has 0 aromatic heterocycles. The Hall–Kier alpha value is -1.88. The van der Waals surface area contributed by atoms with Crippen LogP contribution < -0.4 is 11.1 Å². The lowest BCUT2D eigenvalue weighted by Gasteiger charge is -2.13. The van der Waals surface area contributed by atoms with Gasteiger partial charge in [0, 0.05) is 12.1 Å². The van der Waals surface area contributed by atoms with Gasteiger partial charge in [-0.15, -0.1) is 0 Å². The Labute approximate surface area is 105 Å². The smallest absolute Gasteiger partial charge is 0.320 e. The normalized spacial score (nSPS) is 16.2. The largest absolute Gasteiger partial charge is 0.480 e. The number of carboxylic acids is 1. The maximum atomic E-state index is 11.0. The summed E-state index contributed by atoms with van der Waals surface area (Å²) in [6, 6.07) is 6.40. The van der Waals surface area contributed by atoms with Gasteiger partial charge in [0.2, 0.25) is 5.91 Å². The van der Waals surface area contributed by atoms with Gasteiger partial charge >= 0.3 is 5.97 Å². The van der Waals surface area contributed by atoms with E-state index in [2.05, 4.69) is 5.32 Å². The molecule has 0 radical (unpaired) electrons. The third-order valence-electron chi connectivity index (χ3n) is 3.10. The van der Waals surface area contributed by atoms with E-state index in [1.165, 1.54) is 0 Å². The highest BCUT2D eigenvalue weighted by Crippen LogP contribution is 2.32. The molecule has 1 aromatic carbocycles. The zero-order chi connectivity index (χ0) is 13.1. The van der Waals surface area contributed by atoms with Crippen molar-refractivity contribution < 1.29 is 14.7 Å². The number of rotatable bonds is 6. The summed E-state index contributed by atoms with van der Waals surface area (Å²) in [7, 11) is 0. The van der Waals surface area contributed by atoms with Crippen LogP contribution in [0.4, 0.5) is 0 Å². The van der Waals surface area contributed by atoms with Gasteiger partial charge in [0.1, 0.15) is 6.04 Å². The van der Waals surface area contributed by atoms with Gasteiger partial charge in [0.15, 0.2) is 0 Å². The summed E-state index contributed by atoms with van der Waals surface area (Å²) in [6.07, 6.45) is 1.93. The Balaban J connectivity index is 1.98. The van der Waals surface area contributed by atoms with Gasteiger partial charge in [-0.2, -0.15) is 0 Å². The summed E-state index contributed by atoms with van der Waals surface area (Å²) in [4.78, 5) is 22.1. The number of aliphatic carboxylic acids is 1. The third-order valence-corrected chi connectivity index (χ3v) is 3.10. The Kier molecular flexibility index (Phi) is 3.62. The van der Waals surface area contributed by atoms with Crippen molar-refractivity contribution in [3.8, 4) is 0 Å². The highest BCUT2D eigenvalue weighted by atomic mass is 16.4. The molecule has 0 aliphatic heterocycles. The molecule has 4 N–H and O–H groups in total. The molecule has 1 aliphatic carbocycles. The molecule has 1 unspecified atom stereocenters. The number of hydrogen-bond acceptors (Lipinski definition) is 3. The number of hydrogen-bond donors (Lipinski definition) is 3. The highest BCUT2D eigenvalue weighted by Gasteiger charge is 2.35. The van der Waals surface area contributed by atoms with Gasteiger partial charge in [-0.1, -0.05) is 12.1 Å². The second-order valence-electron chi connectivity index (χ2n) is 4.60. The van der Waals surface area contributed by atoms with Crippen molar-refractivity contribution in [3.63, 3.8) is 0 Å². The van der Waals surface area contributed by atoms with E-state index in [1.807, 2.05) is 6.07 Å². The zero-order valence-corrected chi connectivity index (χ0v) is 9.93. The lowest BCUT2D eigenvalue weighted by molar-refractivity contribution is -0.140. The fourth-order valence-electron chi connectivity index (χ4n) is 1.95. The molecule has 96 valence electrons. The molecular formula is C13H16N2O3. The zero-order valence-electron chi connectivity index (χ0n) is 9.93. The molecular weight excluding hydrogens is 232 g/mol. The monoisotopic (exact) mass is 248 g/mol. The second kappa shape index (κ2) is 5.18. The number of benzene rings is 1. The average Bonchev–Trinajstić information content (AvgIpc) is 3.13. The molecule has 1 amide bonds. The first-order valence-electron chi connectivity index (χ1n) is 5.93. The molecule has 1 saturated carbocycles. The van der Waals surface area contributed by atoms with Crippen molar-refractivity contribution in [2.45, 2.75) is 25.4 Å². The number of nitrogens with two attached hydrogens (primary N) is 1. The van der Waals surface area contributed by atoms with Gasteiger partial charge < -0.3 is 16.2 Å². The van der Waals surface area contributed by atoms with Gasteiger partial charge in [-0.05, 0) is 36.5 Å². The summed E-state index contributed by atoms with van der Waals surface area (Å²) >= 11 is 0. The predicted molar refractivity (Wildman–Crippen MR) is 65.9 cm³/mol. The number of carboxylic acid groups (broad SMARTS) is 1. The van der Waals surface area contributed by atoms with E-state index >= 15 is 0 Å². The second-order valence-corrected chi connectivity index (χ2v) is 4.60. The Morgan fingerprint density at radius 3 is 2.72 bits per heavy atom. The van der Waals surface area contributed by atoms with Gasteiger partial charge in [-0.3, -0.25) is 9.59 Å². The summed E-state index contributed by atoms with van der Waals surface area (Å²) in [6.45, 7) is 0.425. The van der Waals surface area contributed by atoms with Crippen molar-refractivity contribution in [1.82, 2.24) is 5.32 Å². The van der Waals surface area contributed by atoms with Gasteiger partial charge in [0.25, 0.3) is 0 Å². The lowest BCUT2D eigenvalue weighted by Crippen LogP contribution is -2.38. The van der Waals surface area contributed by atoms with Gasteiger partial charge in [-0.25, -0.2) is 0 Å². The molecule has 5 nitrogen and oxygen atoms in total. The molecule has 1 atom stereocenters. The van der Waals surface area contributed by atoms with E-state index in [-0.39, 0.29) is 5.92 Å². The van der Waals surface area contributed by atoms with E-state index in [0.717, 1.165) is 18.4 Å². The van der Waals surface area contributed by atoms with Crippen molar-refractivity contribution in [2.75, 3.05) is 0 Å². The summed E-state index contributed by atoms with van der Waals surface area (Å²) in [5.41, 5.74) is 6.49. The Bertz CT molecular complexity index is 469. The van der Waals surface area contributed by atoms with Crippen molar-refractivity contribution in [1.29, 1.82) is 0 Å². The van der Waals surface area contributed by atoms with E-state index in [9.17, 15) is 9.59 Å². The summed E-state index contributed by atoms with van der Waals surface area (Å²) in [5.74, 6) is -1.06. The molecule has 1 aromatic rings. The van der Waals surface area contributed by atoms with Crippen LogP contribution in [0.15, 0.2) is 24.3 Å². The van der Waals surface area contributed by atoms with Crippen LogP contribution in [-0.2, 0) is 11.3 Å². The predicted octanol–water partition coefficient (Wildman–Crippen LogP) is 0.738. The number of carbonyl (C=O) groups is 2. The molecule has 18 heavy (non-hydrogen) atoms. The molecule has 5 heteroatoms. The van der Waals surface area contributed by atoms with Crippen molar-refractivity contribution in [2.24, 2.45) is 11.7 Å². The van der Waals surface area contributed by atoms with E-state index in [1.54, 1.807) is 18.2 Å². The number of primary amides is 1. The number of amides is 1. The third kappa shape index (κ3) is 3.07. The topological polar surface area (TPSA) is 92.4 Å². The Morgan fingerprint density at radius 1 is 1.44 bits per heavy atom. The minimum absolute atomic E-state index is 0.238. The average molecular weight is 248 g/mol. The molecule has 0 bridgehead atoms. The van der Waals surface area contributed by atoms with Crippen LogP contribution in [0, 0.1) is 5.92 Å². The fraction of sp³-hybridized carbons (Fsp3) is 0.385. The van der Waals surface area contributed by atoms with Crippen LogP contribution in [-0.4, -0.2) is 23.0 Å².